The first-order valence-electron chi connectivity index (χ1n) is 10.0. The maximum atomic E-state index is 12.3. The summed E-state index contributed by atoms with van der Waals surface area (Å²) < 4.78 is 23.0. The average molecular weight is 430 g/mol. The first-order chi connectivity index (χ1) is 13.3. The summed E-state index contributed by atoms with van der Waals surface area (Å²) in [4.78, 5) is 11.3. The number of benzene rings is 1. The fourth-order valence-corrected chi connectivity index (χ4v) is 3.99. The summed E-state index contributed by atoms with van der Waals surface area (Å²) in [7, 11) is 2.55. The number of hydrogen-bond acceptors (Lipinski definition) is 4. The number of carbonyl (C=O) groups is 1. The van der Waals surface area contributed by atoms with Gasteiger partial charge in [-0.2, -0.15) is 0 Å². The summed E-state index contributed by atoms with van der Waals surface area (Å²) >= 11 is 3.48. The van der Waals surface area contributed by atoms with Gasteiger partial charge in [-0.25, -0.2) is 0 Å². The predicted molar refractivity (Wildman–Crippen MR) is 120 cm³/mol. The van der Waals surface area contributed by atoms with E-state index in [1.165, 1.54) is 42.6 Å². The molecule has 0 spiro atoms. The minimum absolute atomic E-state index is 0.191. The second kappa shape index (κ2) is 13.9. The molecule has 7 heteroatoms. The standard InChI is InChI=1S/C18H28O3S.C3H7NOS/c1-3-4-5-6-7-8-11-22(19)15(2)12-16-9-10-17-18(13-16)21-14-20-17;1-4(2)3(5)6/h9-10,13,15H,3-8,11-12,14H2,1-2H3;1-2H3,(H,5,6). The molecule has 0 fully saturated rings. The van der Waals surface area contributed by atoms with Gasteiger partial charge in [0.05, 0.1) is 0 Å². The van der Waals surface area contributed by atoms with Crippen LogP contribution in [0.25, 0.3) is 0 Å². The van der Waals surface area contributed by atoms with Crippen molar-refractivity contribution in [1.82, 2.24) is 4.90 Å². The molecule has 1 amide bonds. The second-order valence-corrected chi connectivity index (χ2v) is 9.59. The third-order valence-electron chi connectivity index (χ3n) is 4.49. The van der Waals surface area contributed by atoms with Crippen molar-refractivity contribution in [2.24, 2.45) is 0 Å². The molecule has 1 aromatic rings. The van der Waals surface area contributed by atoms with Crippen LogP contribution in [-0.2, 0) is 17.2 Å². The van der Waals surface area contributed by atoms with Crippen molar-refractivity contribution in [3.05, 3.63) is 23.8 Å². The van der Waals surface area contributed by atoms with Crippen LogP contribution in [0.3, 0.4) is 0 Å². The van der Waals surface area contributed by atoms with E-state index >= 15 is 0 Å². The molecule has 1 aliphatic heterocycles. The Morgan fingerprint density at radius 1 is 1.14 bits per heavy atom. The number of nitrogens with zero attached hydrogens (tertiary/aromatic N) is 1. The zero-order valence-corrected chi connectivity index (χ0v) is 19.3. The molecule has 1 aliphatic rings. The van der Waals surface area contributed by atoms with Crippen LogP contribution in [0.5, 0.6) is 11.5 Å². The lowest BCUT2D eigenvalue weighted by atomic mass is 10.1. The van der Waals surface area contributed by atoms with Gasteiger partial charge in [-0.1, -0.05) is 64.6 Å². The van der Waals surface area contributed by atoms with Crippen LogP contribution < -0.4 is 9.47 Å². The fraction of sp³-hybridized carbons (Fsp3) is 0.667. The Labute approximate surface area is 178 Å². The second-order valence-electron chi connectivity index (χ2n) is 7.23. The number of rotatable bonds is 10. The van der Waals surface area contributed by atoms with E-state index in [1.54, 1.807) is 14.1 Å². The molecule has 2 unspecified atom stereocenters. The Hall–Kier alpha value is -1.21. The SMILES string of the molecule is CCCCCCCCS(=O)C(C)Cc1ccc2c(c1)OCO2.CN(C)C(=O)S. The highest BCUT2D eigenvalue weighted by Gasteiger charge is 2.16. The van der Waals surface area contributed by atoms with Gasteiger partial charge in [0, 0.05) is 35.9 Å². The van der Waals surface area contributed by atoms with Crippen LogP contribution in [0.1, 0.15) is 57.9 Å². The molecule has 1 aromatic carbocycles. The molecule has 0 aliphatic carbocycles. The maximum absolute atomic E-state index is 12.3. The molecule has 0 aromatic heterocycles. The van der Waals surface area contributed by atoms with Crippen LogP contribution in [0.2, 0.25) is 0 Å². The summed E-state index contributed by atoms with van der Waals surface area (Å²) in [6, 6.07) is 6.01. The Morgan fingerprint density at radius 3 is 2.39 bits per heavy atom. The van der Waals surface area contributed by atoms with Crippen LogP contribution in [0.4, 0.5) is 4.79 Å². The number of carbonyl (C=O) groups excluding carboxylic acids is 1. The molecular formula is C21H35NO4S2. The molecule has 5 nitrogen and oxygen atoms in total. The van der Waals surface area contributed by atoms with Gasteiger partial charge in [-0.15, -0.1) is 0 Å². The summed E-state index contributed by atoms with van der Waals surface area (Å²) in [6.07, 6.45) is 8.32. The molecule has 0 radical (unpaired) electrons. The zero-order valence-electron chi connectivity index (χ0n) is 17.6. The van der Waals surface area contributed by atoms with Gasteiger partial charge in [0.15, 0.2) is 11.5 Å². The van der Waals surface area contributed by atoms with E-state index < -0.39 is 10.8 Å². The smallest absolute Gasteiger partial charge is 0.278 e. The number of fused-ring (bicyclic) bond motifs is 1. The van der Waals surface area contributed by atoms with Gasteiger partial charge in [-0.05, 0) is 30.5 Å². The average Bonchev–Trinajstić information content (AvgIpc) is 3.12. The van der Waals surface area contributed by atoms with Crippen LogP contribution in [-0.4, -0.2) is 46.2 Å². The zero-order chi connectivity index (χ0) is 20.9. The predicted octanol–water partition coefficient (Wildman–Crippen LogP) is 5.05. The minimum Gasteiger partial charge on any atom is -0.454 e. The molecule has 0 saturated heterocycles. The molecule has 160 valence electrons. The van der Waals surface area contributed by atoms with Gasteiger partial charge in [0.25, 0.3) is 5.24 Å². The highest BCUT2D eigenvalue weighted by atomic mass is 32.2. The van der Waals surface area contributed by atoms with Gasteiger partial charge < -0.3 is 14.4 Å². The summed E-state index contributed by atoms with van der Waals surface area (Å²) in [5.41, 5.74) is 1.17. The number of amides is 1. The maximum Gasteiger partial charge on any atom is 0.278 e. The number of hydrogen-bond donors (Lipinski definition) is 1. The Bertz CT molecular complexity index is 622. The lowest BCUT2D eigenvalue weighted by Gasteiger charge is -2.12. The summed E-state index contributed by atoms with van der Waals surface area (Å²) in [5, 5.41) is -0.0222. The molecular weight excluding hydrogens is 394 g/mol. The first kappa shape index (κ1) is 24.8. The molecule has 2 atom stereocenters. The van der Waals surface area contributed by atoms with E-state index in [-0.39, 0.29) is 10.5 Å². The Kier molecular flexibility index (Phi) is 12.3. The largest absolute Gasteiger partial charge is 0.454 e. The summed E-state index contributed by atoms with van der Waals surface area (Å²) in [5.74, 6) is 2.45. The Balaban J connectivity index is 0.000000568. The van der Waals surface area contributed by atoms with E-state index in [2.05, 4.69) is 26.5 Å². The minimum atomic E-state index is -0.743. The van der Waals surface area contributed by atoms with Crippen LogP contribution in [0.15, 0.2) is 18.2 Å². The lowest BCUT2D eigenvalue weighted by molar-refractivity contribution is 0.174. The van der Waals surface area contributed by atoms with Crippen molar-refractivity contribution in [3.63, 3.8) is 0 Å². The highest BCUT2D eigenvalue weighted by molar-refractivity contribution is 7.96. The van der Waals surface area contributed by atoms with E-state index in [9.17, 15) is 9.00 Å². The molecule has 1 heterocycles. The normalized spacial score (nSPS) is 14.0. The van der Waals surface area contributed by atoms with E-state index in [0.29, 0.717) is 6.79 Å². The van der Waals surface area contributed by atoms with Crippen molar-refractivity contribution in [3.8, 4) is 11.5 Å². The fourth-order valence-electron chi connectivity index (χ4n) is 2.72. The third kappa shape index (κ3) is 9.82. The van der Waals surface area contributed by atoms with Crippen molar-refractivity contribution in [1.29, 1.82) is 0 Å². The molecule has 0 bridgehead atoms. The molecule has 2 rings (SSSR count). The third-order valence-corrected chi connectivity index (χ3v) is 6.65. The first-order valence-corrected chi connectivity index (χ1v) is 11.8. The molecule has 0 N–H and O–H groups in total. The van der Waals surface area contributed by atoms with Gasteiger partial charge >= 0.3 is 0 Å². The summed E-state index contributed by atoms with van der Waals surface area (Å²) in [6.45, 7) is 4.61. The monoisotopic (exact) mass is 429 g/mol. The van der Waals surface area contributed by atoms with Gasteiger partial charge in [0.1, 0.15) is 0 Å². The van der Waals surface area contributed by atoms with E-state index in [0.717, 1.165) is 30.1 Å². The van der Waals surface area contributed by atoms with Crippen molar-refractivity contribution >= 4 is 28.7 Å². The number of thiol groups is 1. The van der Waals surface area contributed by atoms with Crippen LogP contribution in [0, 0.1) is 0 Å². The highest BCUT2D eigenvalue weighted by Crippen LogP contribution is 2.33. The van der Waals surface area contributed by atoms with Gasteiger partial charge in [0.2, 0.25) is 6.79 Å². The topological polar surface area (TPSA) is 55.8 Å². The van der Waals surface area contributed by atoms with Crippen molar-refractivity contribution < 1.29 is 18.5 Å². The number of ether oxygens (including phenoxy) is 2. The van der Waals surface area contributed by atoms with E-state index in [1.807, 2.05) is 18.2 Å². The van der Waals surface area contributed by atoms with Crippen molar-refractivity contribution in [2.45, 2.75) is 64.0 Å². The Morgan fingerprint density at radius 2 is 1.75 bits per heavy atom. The van der Waals surface area contributed by atoms with E-state index in [4.69, 9.17) is 9.47 Å². The quantitative estimate of drug-likeness (QED) is 0.417. The molecule has 0 saturated carbocycles. The van der Waals surface area contributed by atoms with Gasteiger partial charge in [-0.3, -0.25) is 9.00 Å². The van der Waals surface area contributed by atoms with Crippen molar-refractivity contribution in [2.75, 3.05) is 26.6 Å². The molecule has 28 heavy (non-hydrogen) atoms. The number of unbranched alkanes of at least 4 members (excludes halogenated alkanes) is 5. The van der Waals surface area contributed by atoms with Crippen LogP contribution >= 0.6 is 12.6 Å². The lowest BCUT2D eigenvalue weighted by Crippen LogP contribution is -2.16.